The van der Waals surface area contributed by atoms with Gasteiger partial charge in [-0.2, -0.15) is 0 Å². The first kappa shape index (κ1) is 32.3. The Balaban J connectivity index is 1.20. The van der Waals surface area contributed by atoms with Crippen molar-refractivity contribution in [1.82, 2.24) is 20.1 Å². The predicted molar refractivity (Wildman–Crippen MR) is 176 cm³/mol. The van der Waals surface area contributed by atoms with Gasteiger partial charge in [-0.3, -0.25) is 24.7 Å². The number of likely N-dealkylation sites (tertiary alicyclic amines) is 2. The van der Waals surface area contributed by atoms with Crippen LogP contribution in [-0.4, -0.2) is 82.3 Å². The monoisotopic (exact) mass is 634 g/mol. The molecule has 5 rings (SSSR count). The van der Waals surface area contributed by atoms with Crippen LogP contribution in [0.4, 0.5) is 5.69 Å². The van der Waals surface area contributed by atoms with Gasteiger partial charge in [-0.25, -0.2) is 0 Å². The summed E-state index contributed by atoms with van der Waals surface area (Å²) in [4.78, 5) is 50.3. The molecule has 2 atom stereocenters. The standard InChI is InChI=1S/C32H42N8O4S/c33-24(12-5-6-16-35-32(38-17-7-8-18-38)39-19-9-10-20-39)30(42)36-26(29(34)41)21-23-22-11-1-2-13-25(22)37-31(23)45-28-15-4-3-14-27(28)40(43)44/h1-4,11,13-15,24,26,37H,5-10,12,16-21,33H2,(H2,34,41)(H,36,42)/t24-,26-/m0/s1. The van der Waals surface area contributed by atoms with Crippen LogP contribution >= 0.6 is 11.8 Å². The maximum Gasteiger partial charge on any atom is 0.283 e. The molecule has 0 radical (unpaired) electrons. The quantitative estimate of drug-likeness (QED) is 0.0722. The minimum atomic E-state index is -1.01. The Kier molecular flexibility index (Phi) is 11.0. The summed E-state index contributed by atoms with van der Waals surface area (Å²) in [5.74, 6) is -0.00828. The summed E-state index contributed by atoms with van der Waals surface area (Å²) in [5, 5.41) is 15.9. The lowest BCUT2D eigenvalue weighted by molar-refractivity contribution is -0.387. The van der Waals surface area contributed by atoms with Crippen LogP contribution in [0, 0.1) is 10.1 Å². The second-order valence-electron chi connectivity index (χ2n) is 11.6. The van der Waals surface area contributed by atoms with E-state index in [0.29, 0.717) is 22.9 Å². The van der Waals surface area contributed by atoms with Gasteiger partial charge in [0.15, 0.2) is 5.96 Å². The molecule has 1 aromatic heterocycles. The van der Waals surface area contributed by atoms with E-state index in [1.165, 1.54) is 43.5 Å². The fourth-order valence-corrected chi connectivity index (χ4v) is 7.09. The van der Waals surface area contributed by atoms with E-state index in [4.69, 9.17) is 16.5 Å². The van der Waals surface area contributed by atoms with Crippen molar-refractivity contribution < 1.29 is 14.5 Å². The number of nitrogens with zero attached hydrogens (tertiary/aromatic N) is 4. The molecule has 3 heterocycles. The third-order valence-electron chi connectivity index (χ3n) is 8.41. The first-order valence-electron chi connectivity index (χ1n) is 15.7. The number of carbonyl (C=O) groups is 2. The topological polar surface area (TPSA) is 176 Å². The zero-order valence-corrected chi connectivity index (χ0v) is 26.3. The van der Waals surface area contributed by atoms with Gasteiger partial charge in [0, 0.05) is 56.1 Å². The van der Waals surface area contributed by atoms with Gasteiger partial charge in [-0.15, -0.1) is 0 Å². The van der Waals surface area contributed by atoms with Gasteiger partial charge in [0.2, 0.25) is 11.8 Å². The fourth-order valence-electron chi connectivity index (χ4n) is 6.00. The highest BCUT2D eigenvalue weighted by molar-refractivity contribution is 7.99. The molecule has 2 aliphatic heterocycles. The number of aliphatic imine (C=N–C) groups is 1. The summed E-state index contributed by atoms with van der Waals surface area (Å²) in [5.41, 5.74) is 13.5. The molecular formula is C32H42N8O4S. The number of primary amides is 1. The van der Waals surface area contributed by atoms with E-state index < -0.39 is 28.8 Å². The van der Waals surface area contributed by atoms with Crippen LogP contribution in [-0.2, 0) is 16.0 Å². The Hall–Kier alpha value is -4.10. The number of guanidine groups is 1. The molecule has 0 unspecified atom stereocenters. The smallest absolute Gasteiger partial charge is 0.283 e. The van der Waals surface area contributed by atoms with Gasteiger partial charge in [0.1, 0.15) is 6.04 Å². The molecular weight excluding hydrogens is 592 g/mol. The number of rotatable bonds is 13. The molecule has 6 N–H and O–H groups in total. The number of amides is 2. The van der Waals surface area contributed by atoms with Crippen LogP contribution in [0.3, 0.4) is 0 Å². The fraction of sp³-hybridized carbons (Fsp3) is 0.469. The molecule has 3 aromatic rings. The number of aromatic nitrogens is 1. The van der Waals surface area contributed by atoms with Gasteiger partial charge in [-0.05, 0) is 62.6 Å². The molecule has 13 heteroatoms. The van der Waals surface area contributed by atoms with E-state index in [1.54, 1.807) is 18.2 Å². The van der Waals surface area contributed by atoms with Crippen molar-refractivity contribution in [2.75, 3.05) is 32.7 Å². The lowest BCUT2D eigenvalue weighted by Crippen LogP contribution is -2.51. The summed E-state index contributed by atoms with van der Waals surface area (Å²) >= 11 is 1.20. The van der Waals surface area contributed by atoms with Crippen LogP contribution in [0.1, 0.15) is 50.5 Å². The SMILES string of the molecule is NC(=O)[C@H](Cc1c(Sc2ccccc2[N+](=O)[O-])[nH]c2ccccc12)NC(=O)[C@@H](N)CCCCN=C(N1CCCC1)N1CCCC1. The number of fused-ring (bicyclic) bond motifs is 1. The van der Waals surface area contributed by atoms with Crippen molar-refractivity contribution in [3.05, 3.63) is 64.2 Å². The number of nitrogens with one attached hydrogen (secondary N) is 2. The molecule has 12 nitrogen and oxygen atoms in total. The Labute approximate surface area is 267 Å². The number of nitrogens with two attached hydrogens (primary N) is 2. The van der Waals surface area contributed by atoms with E-state index in [9.17, 15) is 19.7 Å². The van der Waals surface area contributed by atoms with Gasteiger partial charge < -0.3 is 31.6 Å². The second kappa shape index (κ2) is 15.3. The van der Waals surface area contributed by atoms with Crippen molar-refractivity contribution in [2.45, 2.75) is 73.4 Å². The van der Waals surface area contributed by atoms with E-state index >= 15 is 0 Å². The molecule has 45 heavy (non-hydrogen) atoms. The van der Waals surface area contributed by atoms with Gasteiger partial charge in [0.05, 0.1) is 20.9 Å². The van der Waals surface area contributed by atoms with Crippen LogP contribution in [0.15, 0.2) is 63.4 Å². The number of nitro benzene ring substituents is 1. The first-order valence-corrected chi connectivity index (χ1v) is 16.5. The number of aromatic amines is 1. The number of hydrogen-bond acceptors (Lipinski definition) is 7. The van der Waals surface area contributed by atoms with Crippen LogP contribution < -0.4 is 16.8 Å². The minimum absolute atomic E-state index is 0.0214. The number of para-hydroxylation sites is 2. The average molecular weight is 635 g/mol. The Morgan fingerprint density at radius 2 is 1.64 bits per heavy atom. The highest BCUT2D eigenvalue weighted by atomic mass is 32.2. The number of nitro groups is 1. The van der Waals surface area contributed by atoms with Crippen molar-refractivity contribution in [3.63, 3.8) is 0 Å². The van der Waals surface area contributed by atoms with Gasteiger partial charge >= 0.3 is 0 Å². The highest BCUT2D eigenvalue weighted by Gasteiger charge is 2.27. The Morgan fingerprint density at radius 1 is 1.00 bits per heavy atom. The number of H-pyrrole nitrogens is 1. The largest absolute Gasteiger partial charge is 0.368 e. The number of benzene rings is 2. The Morgan fingerprint density at radius 3 is 2.31 bits per heavy atom. The molecule has 0 aliphatic carbocycles. The zero-order valence-electron chi connectivity index (χ0n) is 25.5. The van der Waals surface area contributed by atoms with E-state index in [-0.39, 0.29) is 12.1 Å². The van der Waals surface area contributed by atoms with Crippen molar-refractivity contribution in [2.24, 2.45) is 16.5 Å². The van der Waals surface area contributed by atoms with E-state index in [2.05, 4.69) is 20.1 Å². The van der Waals surface area contributed by atoms with Crippen LogP contribution in [0.25, 0.3) is 10.9 Å². The third-order valence-corrected chi connectivity index (χ3v) is 9.53. The van der Waals surface area contributed by atoms with Gasteiger partial charge in [-0.1, -0.05) is 42.1 Å². The number of hydrogen-bond donors (Lipinski definition) is 4. The summed E-state index contributed by atoms with van der Waals surface area (Å²) in [6.07, 6.45) is 6.93. The normalized spacial score (nSPS) is 16.1. The van der Waals surface area contributed by atoms with E-state index in [1.807, 2.05) is 24.3 Å². The lowest BCUT2D eigenvalue weighted by atomic mass is 10.0. The summed E-state index contributed by atoms with van der Waals surface area (Å²) in [6, 6.07) is 12.2. The molecule has 2 aliphatic rings. The summed E-state index contributed by atoms with van der Waals surface area (Å²) in [6.45, 7) is 4.93. The third kappa shape index (κ3) is 8.14. The lowest BCUT2D eigenvalue weighted by Gasteiger charge is -2.28. The molecule has 0 saturated carbocycles. The van der Waals surface area contributed by atoms with E-state index in [0.717, 1.165) is 61.4 Å². The number of carbonyl (C=O) groups excluding carboxylic acids is 2. The highest BCUT2D eigenvalue weighted by Crippen LogP contribution is 2.39. The molecule has 2 fully saturated rings. The maximum absolute atomic E-state index is 13.1. The summed E-state index contributed by atoms with van der Waals surface area (Å²) < 4.78 is 0. The molecule has 2 amide bonds. The molecule has 2 saturated heterocycles. The minimum Gasteiger partial charge on any atom is -0.368 e. The Bertz CT molecular complexity index is 1510. The second-order valence-corrected chi connectivity index (χ2v) is 12.7. The molecule has 0 spiro atoms. The van der Waals surface area contributed by atoms with Crippen LogP contribution in [0.2, 0.25) is 0 Å². The van der Waals surface area contributed by atoms with Gasteiger partial charge in [0.25, 0.3) is 5.69 Å². The molecule has 2 aromatic carbocycles. The summed E-state index contributed by atoms with van der Waals surface area (Å²) in [7, 11) is 0. The number of unbranched alkanes of at least 4 members (excludes halogenated alkanes) is 1. The first-order chi connectivity index (χ1) is 21.8. The molecule has 240 valence electrons. The predicted octanol–water partition coefficient (Wildman–Crippen LogP) is 3.79. The van der Waals surface area contributed by atoms with Crippen molar-refractivity contribution >= 4 is 46.1 Å². The average Bonchev–Trinajstić information content (AvgIpc) is 3.81. The molecule has 0 bridgehead atoms. The maximum atomic E-state index is 13.1. The van der Waals surface area contributed by atoms with Crippen molar-refractivity contribution in [1.29, 1.82) is 0 Å². The van der Waals surface area contributed by atoms with Crippen LogP contribution in [0.5, 0.6) is 0 Å². The van der Waals surface area contributed by atoms with Crippen molar-refractivity contribution in [3.8, 4) is 0 Å². The zero-order chi connectivity index (χ0) is 31.8.